The molecule has 0 radical (unpaired) electrons. The molecule has 1 aliphatic carbocycles. The highest BCUT2D eigenvalue weighted by atomic mass is 14.3. The zero-order valence-electron chi connectivity index (χ0n) is 11.7. The van der Waals surface area contributed by atoms with Crippen molar-refractivity contribution in [1.82, 2.24) is 0 Å². The Hall–Kier alpha value is -1.30. The SMILES string of the molecule is CCCCC1(CC)C=C(c2ccccc2)C=CC1. The number of rotatable bonds is 5. The van der Waals surface area contributed by atoms with Gasteiger partial charge in [0.05, 0.1) is 0 Å². The molecule has 0 spiro atoms. The van der Waals surface area contributed by atoms with Gasteiger partial charge in [-0.2, -0.15) is 0 Å². The first-order chi connectivity index (χ1) is 8.79. The van der Waals surface area contributed by atoms with Crippen LogP contribution < -0.4 is 0 Å². The quantitative estimate of drug-likeness (QED) is 0.627. The maximum absolute atomic E-state index is 2.53. The van der Waals surface area contributed by atoms with Crippen LogP contribution in [0.5, 0.6) is 0 Å². The van der Waals surface area contributed by atoms with Crippen LogP contribution in [0, 0.1) is 5.41 Å². The third-order valence-electron chi connectivity index (χ3n) is 4.12. The van der Waals surface area contributed by atoms with Crippen molar-refractivity contribution in [2.24, 2.45) is 5.41 Å². The molecule has 0 heteroatoms. The zero-order chi connectivity index (χ0) is 12.8. The molecule has 0 aromatic heterocycles. The highest BCUT2D eigenvalue weighted by molar-refractivity contribution is 5.75. The van der Waals surface area contributed by atoms with Gasteiger partial charge in [-0.05, 0) is 35.8 Å². The molecule has 1 aliphatic rings. The summed E-state index contributed by atoms with van der Waals surface area (Å²) in [4.78, 5) is 0. The minimum Gasteiger partial charge on any atom is -0.0831 e. The lowest BCUT2D eigenvalue weighted by molar-refractivity contribution is 0.328. The normalized spacial score (nSPS) is 22.9. The Morgan fingerprint density at radius 3 is 2.56 bits per heavy atom. The van der Waals surface area contributed by atoms with E-state index in [0.29, 0.717) is 5.41 Å². The van der Waals surface area contributed by atoms with Gasteiger partial charge in [0.15, 0.2) is 0 Å². The Morgan fingerprint density at radius 2 is 1.89 bits per heavy atom. The Morgan fingerprint density at radius 1 is 1.11 bits per heavy atom. The highest BCUT2D eigenvalue weighted by Crippen LogP contribution is 2.40. The molecular weight excluding hydrogens is 216 g/mol. The second-order valence-corrected chi connectivity index (χ2v) is 5.39. The van der Waals surface area contributed by atoms with E-state index in [2.05, 4.69) is 62.4 Å². The molecule has 0 saturated carbocycles. The van der Waals surface area contributed by atoms with Crippen LogP contribution in [-0.2, 0) is 0 Å². The lowest BCUT2D eigenvalue weighted by Crippen LogP contribution is -2.18. The Labute approximate surface area is 111 Å². The molecule has 1 atom stereocenters. The molecule has 1 unspecified atom stereocenters. The first-order valence-corrected chi connectivity index (χ1v) is 7.24. The van der Waals surface area contributed by atoms with Crippen LogP contribution in [0.25, 0.3) is 5.57 Å². The fourth-order valence-electron chi connectivity index (χ4n) is 2.79. The summed E-state index contributed by atoms with van der Waals surface area (Å²) < 4.78 is 0. The van der Waals surface area contributed by atoms with Gasteiger partial charge in [-0.3, -0.25) is 0 Å². The van der Waals surface area contributed by atoms with Crippen LogP contribution in [0.1, 0.15) is 51.5 Å². The van der Waals surface area contributed by atoms with Crippen LogP contribution in [0.15, 0.2) is 48.6 Å². The van der Waals surface area contributed by atoms with Crippen molar-refractivity contribution < 1.29 is 0 Å². The van der Waals surface area contributed by atoms with Crippen molar-refractivity contribution in [3.05, 3.63) is 54.1 Å². The molecule has 0 N–H and O–H groups in total. The Balaban J connectivity index is 2.25. The van der Waals surface area contributed by atoms with E-state index in [9.17, 15) is 0 Å². The van der Waals surface area contributed by atoms with E-state index in [1.165, 1.54) is 43.2 Å². The maximum Gasteiger partial charge on any atom is -0.00771 e. The monoisotopic (exact) mass is 240 g/mol. The molecule has 1 aromatic carbocycles. The molecular formula is C18H24. The van der Waals surface area contributed by atoms with Gasteiger partial charge in [0.1, 0.15) is 0 Å². The summed E-state index contributed by atoms with van der Waals surface area (Å²) in [7, 11) is 0. The number of unbranched alkanes of at least 4 members (excludes halogenated alkanes) is 1. The molecule has 0 amide bonds. The Kier molecular flexibility index (Phi) is 4.41. The van der Waals surface area contributed by atoms with E-state index in [1.807, 2.05) is 0 Å². The van der Waals surface area contributed by atoms with Crippen molar-refractivity contribution >= 4 is 5.57 Å². The fourth-order valence-corrected chi connectivity index (χ4v) is 2.79. The minimum atomic E-state index is 0.399. The van der Waals surface area contributed by atoms with E-state index in [4.69, 9.17) is 0 Å². The topological polar surface area (TPSA) is 0 Å². The average molecular weight is 240 g/mol. The number of benzene rings is 1. The number of hydrogen-bond acceptors (Lipinski definition) is 0. The van der Waals surface area contributed by atoms with E-state index < -0.39 is 0 Å². The first kappa shape index (κ1) is 13.1. The predicted molar refractivity (Wildman–Crippen MR) is 80.4 cm³/mol. The standard InChI is InChI=1S/C18H24/c1-3-5-13-18(4-2)14-9-12-17(15-18)16-10-7-6-8-11-16/h6-12,15H,3-5,13-14H2,1-2H3. The third kappa shape index (κ3) is 2.93. The predicted octanol–water partition coefficient (Wildman–Crippen LogP) is 5.62. The van der Waals surface area contributed by atoms with Crippen LogP contribution in [0.3, 0.4) is 0 Å². The molecule has 0 nitrogen and oxygen atoms in total. The lowest BCUT2D eigenvalue weighted by atomic mass is 9.73. The van der Waals surface area contributed by atoms with Crippen LogP contribution >= 0.6 is 0 Å². The van der Waals surface area contributed by atoms with Crippen molar-refractivity contribution in [2.75, 3.05) is 0 Å². The van der Waals surface area contributed by atoms with E-state index in [0.717, 1.165) is 0 Å². The summed E-state index contributed by atoms with van der Waals surface area (Å²) in [6, 6.07) is 10.8. The third-order valence-corrected chi connectivity index (χ3v) is 4.12. The van der Waals surface area contributed by atoms with Gasteiger partial charge in [0.2, 0.25) is 0 Å². The van der Waals surface area contributed by atoms with Gasteiger partial charge >= 0.3 is 0 Å². The van der Waals surface area contributed by atoms with Crippen LogP contribution in [-0.4, -0.2) is 0 Å². The summed E-state index contributed by atoms with van der Waals surface area (Å²) in [5, 5.41) is 0. The van der Waals surface area contributed by atoms with Crippen LogP contribution in [0.2, 0.25) is 0 Å². The van der Waals surface area contributed by atoms with Crippen LogP contribution in [0.4, 0.5) is 0 Å². The van der Waals surface area contributed by atoms with Gasteiger partial charge in [-0.15, -0.1) is 0 Å². The zero-order valence-corrected chi connectivity index (χ0v) is 11.7. The average Bonchev–Trinajstić information content (AvgIpc) is 2.46. The largest absolute Gasteiger partial charge is 0.0831 e. The van der Waals surface area contributed by atoms with E-state index >= 15 is 0 Å². The van der Waals surface area contributed by atoms with Gasteiger partial charge in [0, 0.05) is 0 Å². The molecule has 0 saturated heterocycles. The molecule has 0 heterocycles. The lowest BCUT2D eigenvalue weighted by Gasteiger charge is -2.32. The molecule has 0 aliphatic heterocycles. The molecule has 0 fully saturated rings. The maximum atomic E-state index is 2.53. The summed E-state index contributed by atoms with van der Waals surface area (Å²) in [6.07, 6.45) is 13.6. The molecule has 18 heavy (non-hydrogen) atoms. The van der Waals surface area contributed by atoms with Gasteiger partial charge in [-0.25, -0.2) is 0 Å². The minimum absolute atomic E-state index is 0.399. The van der Waals surface area contributed by atoms with Crippen molar-refractivity contribution in [2.45, 2.75) is 46.0 Å². The van der Waals surface area contributed by atoms with Crippen molar-refractivity contribution in [1.29, 1.82) is 0 Å². The highest BCUT2D eigenvalue weighted by Gasteiger charge is 2.26. The second kappa shape index (κ2) is 6.04. The van der Waals surface area contributed by atoms with E-state index in [-0.39, 0.29) is 0 Å². The summed E-state index contributed by atoms with van der Waals surface area (Å²) >= 11 is 0. The van der Waals surface area contributed by atoms with Gasteiger partial charge in [-0.1, -0.05) is 75.2 Å². The van der Waals surface area contributed by atoms with E-state index in [1.54, 1.807) is 0 Å². The first-order valence-electron chi connectivity index (χ1n) is 7.24. The molecule has 96 valence electrons. The van der Waals surface area contributed by atoms with Gasteiger partial charge in [0.25, 0.3) is 0 Å². The molecule has 2 rings (SSSR count). The Bertz CT molecular complexity index is 425. The number of hydrogen-bond donors (Lipinski definition) is 0. The molecule has 0 bridgehead atoms. The summed E-state index contributed by atoms with van der Waals surface area (Å²) in [5.41, 5.74) is 3.15. The smallest absolute Gasteiger partial charge is 0.00771 e. The summed E-state index contributed by atoms with van der Waals surface area (Å²) in [6.45, 7) is 4.61. The van der Waals surface area contributed by atoms with Crippen molar-refractivity contribution in [3.63, 3.8) is 0 Å². The second-order valence-electron chi connectivity index (χ2n) is 5.39. The number of allylic oxidation sites excluding steroid dienone is 4. The van der Waals surface area contributed by atoms with Gasteiger partial charge < -0.3 is 0 Å². The molecule has 1 aromatic rings. The fraction of sp³-hybridized carbons (Fsp3) is 0.444. The summed E-state index contributed by atoms with van der Waals surface area (Å²) in [5.74, 6) is 0. The van der Waals surface area contributed by atoms with Crippen molar-refractivity contribution in [3.8, 4) is 0 Å².